The predicted octanol–water partition coefficient (Wildman–Crippen LogP) is 4.39. The Balaban J connectivity index is 1.93. The molecule has 0 spiro atoms. The standard InChI is InChI=1S/C19H22N2O2S/c1-11-4-7-14(8-5-11)21-18(23)17-15-9-6-12(2)10-16(15)24-19(17)20-13(3)22/h4-5,7-8,12H,6,9-10H2,1-3H3,(H,20,22)(H,21,23)/t12-/m0/s1. The van der Waals surface area contributed by atoms with Crippen LogP contribution in [-0.2, 0) is 17.6 Å². The largest absolute Gasteiger partial charge is 0.322 e. The van der Waals surface area contributed by atoms with Crippen molar-refractivity contribution in [3.8, 4) is 0 Å². The SMILES string of the molecule is CC(=O)Nc1sc2c(c1C(=O)Nc1ccc(C)cc1)CC[C@H](C)C2. The molecular weight excluding hydrogens is 320 g/mol. The summed E-state index contributed by atoms with van der Waals surface area (Å²) < 4.78 is 0. The summed E-state index contributed by atoms with van der Waals surface area (Å²) in [6.45, 7) is 5.71. The van der Waals surface area contributed by atoms with Crippen LogP contribution in [0.15, 0.2) is 24.3 Å². The molecule has 1 aromatic heterocycles. The summed E-state index contributed by atoms with van der Waals surface area (Å²) in [5, 5.41) is 6.48. The van der Waals surface area contributed by atoms with Crippen molar-refractivity contribution in [3.05, 3.63) is 45.8 Å². The van der Waals surface area contributed by atoms with Gasteiger partial charge in [0.15, 0.2) is 0 Å². The quantitative estimate of drug-likeness (QED) is 0.869. The molecule has 2 N–H and O–H groups in total. The van der Waals surface area contributed by atoms with E-state index in [-0.39, 0.29) is 11.8 Å². The molecule has 3 rings (SSSR count). The lowest BCUT2D eigenvalue weighted by atomic mass is 9.88. The zero-order chi connectivity index (χ0) is 17.3. The molecule has 1 heterocycles. The second-order valence-electron chi connectivity index (χ2n) is 6.56. The van der Waals surface area contributed by atoms with E-state index < -0.39 is 0 Å². The normalized spacial score (nSPS) is 16.4. The molecule has 1 atom stereocenters. The molecule has 0 radical (unpaired) electrons. The van der Waals surface area contributed by atoms with Crippen molar-refractivity contribution < 1.29 is 9.59 Å². The fourth-order valence-corrected chi connectivity index (χ4v) is 4.52. The summed E-state index contributed by atoms with van der Waals surface area (Å²) in [5.41, 5.74) is 3.65. The van der Waals surface area contributed by atoms with E-state index in [0.29, 0.717) is 16.5 Å². The van der Waals surface area contributed by atoms with Crippen molar-refractivity contribution in [3.63, 3.8) is 0 Å². The maximum Gasteiger partial charge on any atom is 0.258 e. The Bertz CT molecular complexity index is 777. The van der Waals surface area contributed by atoms with Crippen LogP contribution in [0, 0.1) is 12.8 Å². The minimum absolute atomic E-state index is 0.144. The molecule has 24 heavy (non-hydrogen) atoms. The highest BCUT2D eigenvalue weighted by Crippen LogP contribution is 2.40. The van der Waals surface area contributed by atoms with Crippen LogP contribution < -0.4 is 10.6 Å². The number of rotatable bonds is 3. The molecule has 2 aromatic rings. The van der Waals surface area contributed by atoms with Crippen LogP contribution in [0.2, 0.25) is 0 Å². The molecule has 0 unspecified atom stereocenters. The van der Waals surface area contributed by atoms with Gasteiger partial charge in [-0.15, -0.1) is 11.3 Å². The number of hydrogen-bond donors (Lipinski definition) is 2. The van der Waals surface area contributed by atoms with E-state index in [9.17, 15) is 9.59 Å². The van der Waals surface area contributed by atoms with Crippen molar-refractivity contribution >= 4 is 33.8 Å². The van der Waals surface area contributed by atoms with Crippen molar-refractivity contribution in [2.45, 2.75) is 40.0 Å². The van der Waals surface area contributed by atoms with Crippen LogP contribution in [0.5, 0.6) is 0 Å². The maximum absolute atomic E-state index is 12.9. The average Bonchev–Trinajstić information content (AvgIpc) is 2.85. The number of carbonyl (C=O) groups is 2. The molecule has 0 saturated carbocycles. The molecule has 4 nitrogen and oxygen atoms in total. The fraction of sp³-hybridized carbons (Fsp3) is 0.368. The van der Waals surface area contributed by atoms with Gasteiger partial charge < -0.3 is 10.6 Å². The molecule has 0 aliphatic heterocycles. The Morgan fingerprint density at radius 2 is 1.88 bits per heavy atom. The smallest absolute Gasteiger partial charge is 0.258 e. The van der Waals surface area contributed by atoms with E-state index in [2.05, 4.69) is 17.6 Å². The first-order valence-electron chi connectivity index (χ1n) is 8.24. The fourth-order valence-electron chi connectivity index (χ4n) is 3.07. The Morgan fingerprint density at radius 3 is 2.54 bits per heavy atom. The molecule has 126 valence electrons. The van der Waals surface area contributed by atoms with Crippen molar-refractivity contribution in [2.75, 3.05) is 10.6 Å². The summed E-state index contributed by atoms with van der Waals surface area (Å²) in [6, 6.07) is 7.72. The zero-order valence-electron chi connectivity index (χ0n) is 14.2. The lowest BCUT2D eigenvalue weighted by molar-refractivity contribution is -0.114. The van der Waals surface area contributed by atoms with Crippen LogP contribution in [0.1, 0.15) is 46.6 Å². The summed E-state index contributed by atoms with van der Waals surface area (Å²) in [6.07, 6.45) is 2.95. The van der Waals surface area contributed by atoms with Gasteiger partial charge in [0.2, 0.25) is 5.91 Å². The van der Waals surface area contributed by atoms with Gasteiger partial charge in [0.05, 0.1) is 5.56 Å². The van der Waals surface area contributed by atoms with Gasteiger partial charge in [0, 0.05) is 17.5 Å². The van der Waals surface area contributed by atoms with Gasteiger partial charge >= 0.3 is 0 Å². The van der Waals surface area contributed by atoms with Gasteiger partial charge in [-0.2, -0.15) is 0 Å². The second kappa shape index (κ2) is 6.77. The minimum Gasteiger partial charge on any atom is -0.322 e. The van der Waals surface area contributed by atoms with Crippen molar-refractivity contribution in [2.24, 2.45) is 5.92 Å². The number of aryl methyl sites for hydroxylation is 1. The van der Waals surface area contributed by atoms with Gasteiger partial charge in [0.1, 0.15) is 5.00 Å². The summed E-state index contributed by atoms with van der Waals surface area (Å²) >= 11 is 1.54. The number of anilines is 2. The number of thiophene rings is 1. The lowest BCUT2D eigenvalue weighted by Crippen LogP contribution is -2.18. The minimum atomic E-state index is -0.147. The van der Waals surface area contributed by atoms with Gasteiger partial charge in [-0.3, -0.25) is 9.59 Å². The van der Waals surface area contributed by atoms with Crippen LogP contribution in [0.3, 0.4) is 0 Å². The monoisotopic (exact) mass is 342 g/mol. The highest BCUT2D eigenvalue weighted by molar-refractivity contribution is 7.17. The molecule has 1 aliphatic carbocycles. The molecular formula is C19H22N2O2S. The van der Waals surface area contributed by atoms with Crippen LogP contribution in [0.25, 0.3) is 0 Å². The number of benzene rings is 1. The first-order valence-corrected chi connectivity index (χ1v) is 9.06. The molecule has 0 fully saturated rings. The third kappa shape index (κ3) is 3.51. The summed E-state index contributed by atoms with van der Waals surface area (Å²) in [5.74, 6) is 0.329. The number of hydrogen-bond acceptors (Lipinski definition) is 3. The third-order valence-corrected chi connectivity index (χ3v) is 5.51. The van der Waals surface area contributed by atoms with Crippen LogP contribution >= 0.6 is 11.3 Å². The third-order valence-electron chi connectivity index (χ3n) is 4.34. The summed E-state index contributed by atoms with van der Waals surface area (Å²) in [7, 11) is 0. The Labute approximate surface area is 146 Å². The van der Waals surface area contributed by atoms with Crippen molar-refractivity contribution in [1.29, 1.82) is 0 Å². The highest BCUT2D eigenvalue weighted by Gasteiger charge is 2.28. The maximum atomic E-state index is 12.9. The Kier molecular flexibility index (Phi) is 4.71. The molecule has 0 saturated heterocycles. The highest BCUT2D eigenvalue weighted by atomic mass is 32.1. The number of fused-ring (bicyclic) bond motifs is 1. The predicted molar refractivity (Wildman–Crippen MR) is 98.9 cm³/mol. The van der Waals surface area contributed by atoms with E-state index in [0.717, 1.165) is 36.1 Å². The van der Waals surface area contributed by atoms with Crippen molar-refractivity contribution in [1.82, 2.24) is 0 Å². The van der Waals surface area contributed by atoms with E-state index in [1.807, 2.05) is 31.2 Å². The van der Waals surface area contributed by atoms with E-state index in [1.165, 1.54) is 11.8 Å². The molecule has 5 heteroatoms. The number of nitrogens with one attached hydrogen (secondary N) is 2. The van der Waals surface area contributed by atoms with Gasteiger partial charge in [-0.1, -0.05) is 24.6 Å². The van der Waals surface area contributed by atoms with Gasteiger partial charge in [-0.25, -0.2) is 0 Å². The molecule has 0 bridgehead atoms. The van der Waals surface area contributed by atoms with Gasteiger partial charge in [-0.05, 0) is 49.8 Å². The molecule has 1 aliphatic rings. The van der Waals surface area contributed by atoms with Crippen LogP contribution in [0.4, 0.5) is 10.7 Å². The van der Waals surface area contributed by atoms with Crippen LogP contribution in [-0.4, -0.2) is 11.8 Å². The first kappa shape index (κ1) is 16.7. The topological polar surface area (TPSA) is 58.2 Å². The Hall–Kier alpha value is -2.14. The van der Waals surface area contributed by atoms with E-state index >= 15 is 0 Å². The zero-order valence-corrected chi connectivity index (χ0v) is 15.0. The van der Waals surface area contributed by atoms with Gasteiger partial charge in [0.25, 0.3) is 5.91 Å². The molecule has 1 aromatic carbocycles. The van der Waals surface area contributed by atoms with E-state index in [1.54, 1.807) is 11.3 Å². The first-order chi connectivity index (χ1) is 11.4. The molecule has 2 amide bonds. The summed E-state index contributed by atoms with van der Waals surface area (Å²) in [4.78, 5) is 25.6. The Morgan fingerprint density at radius 1 is 1.17 bits per heavy atom. The second-order valence-corrected chi connectivity index (χ2v) is 7.66. The lowest BCUT2D eigenvalue weighted by Gasteiger charge is -2.18. The van der Waals surface area contributed by atoms with E-state index in [4.69, 9.17) is 0 Å². The number of amides is 2. The average molecular weight is 342 g/mol. The number of carbonyl (C=O) groups excluding carboxylic acids is 2.